The molecule has 0 amide bonds. The van der Waals surface area contributed by atoms with Gasteiger partial charge in [0.15, 0.2) is 0 Å². The molecule has 1 aliphatic carbocycles. The van der Waals surface area contributed by atoms with Gasteiger partial charge in [0.05, 0.1) is 0 Å². The zero-order valence-electron chi connectivity index (χ0n) is 14.5. The van der Waals surface area contributed by atoms with Gasteiger partial charge in [-0.05, 0) is 56.6 Å². The first-order chi connectivity index (χ1) is 11.1. The SMILES string of the molecule is CB1OC(C2=CC=CCC2C)(c2ccccc2)[C@@]2(C)CCCN12. The number of hydrogen-bond acceptors (Lipinski definition) is 2. The summed E-state index contributed by atoms with van der Waals surface area (Å²) in [4.78, 5) is 2.59. The van der Waals surface area contributed by atoms with Crippen LogP contribution < -0.4 is 0 Å². The molecule has 0 bridgehead atoms. The van der Waals surface area contributed by atoms with Crippen molar-refractivity contribution in [3.8, 4) is 0 Å². The molecule has 2 unspecified atom stereocenters. The van der Waals surface area contributed by atoms with Crippen LogP contribution >= 0.6 is 0 Å². The Balaban J connectivity index is 1.96. The second kappa shape index (κ2) is 5.36. The molecule has 0 N–H and O–H groups in total. The molecule has 23 heavy (non-hydrogen) atoms. The minimum atomic E-state index is -0.325. The Labute approximate surface area is 140 Å². The molecule has 3 heteroatoms. The Morgan fingerprint density at radius 3 is 2.78 bits per heavy atom. The van der Waals surface area contributed by atoms with Crippen LogP contribution in [0.4, 0.5) is 0 Å². The van der Waals surface area contributed by atoms with Crippen molar-refractivity contribution in [1.82, 2.24) is 4.81 Å². The van der Waals surface area contributed by atoms with E-state index in [4.69, 9.17) is 4.65 Å². The number of nitrogens with zero attached hydrogens (tertiary/aromatic N) is 1. The van der Waals surface area contributed by atoms with E-state index in [0.717, 1.165) is 13.0 Å². The lowest BCUT2D eigenvalue weighted by Crippen LogP contribution is -2.53. The molecular formula is C20H26BNO. The van der Waals surface area contributed by atoms with Gasteiger partial charge in [0, 0.05) is 5.54 Å². The molecule has 2 nitrogen and oxygen atoms in total. The van der Waals surface area contributed by atoms with Gasteiger partial charge in [0.2, 0.25) is 0 Å². The summed E-state index contributed by atoms with van der Waals surface area (Å²) in [7, 11) is 0.168. The van der Waals surface area contributed by atoms with E-state index in [0.29, 0.717) is 5.92 Å². The third kappa shape index (κ3) is 1.96. The highest BCUT2D eigenvalue weighted by Crippen LogP contribution is 2.58. The average Bonchev–Trinajstić information content (AvgIpc) is 3.05. The second-order valence-corrected chi connectivity index (χ2v) is 7.52. The average molecular weight is 307 g/mol. The predicted molar refractivity (Wildman–Crippen MR) is 96.2 cm³/mol. The summed E-state index contributed by atoms with van der Waals surface area (Å²) in [5.74, 6) is 0.518. The Morgan fingerprint density at radius 2 is 2.04 bits per heavy atom. The molecule has 0 saturated carbocycles. The van der Waals surface area contributed by atoms with Gasteiger partial charge in [-0.15, -0.1) is 0 Å². The van der Waals surface area contributed by atoms with Crippen LogP contribution in [0.2, 0.25) is 6.82 Å². The van der Waals surface area contributed by atoms with Gasteiger partial charge >= 0.3 is 7.05 Å². The molecule has 2 heterocycles. The zero-order valence-corrected chi connectivity index (χ0v) is 14.5. The predicted octanol–water partition coefficient (Wildman–Crippen LogP) is 4.41. The minimum Gasteiger partial charge on any atom is -0.406 e. The normalized spacial score (nSPS) is 37.1. The standard InChI is InChI=1S/C20H26BNO/c1-16-10-7-8-13-18(16)20(17-11-5-4-6-12-17)19(2)14-9-15-22(19)21(3)23-20/h4-8,11-13,16H,9-10,14-15H2,1-3H3/t16?,19-,20?/m1/s1. The van der Waals surface area contributed by atoms with Crippen LogP contribution in [-0.4, -0.2) is 23.9 Å². The number of allylic oxidation sites excluding steroid dienone is 3. The highest BCUT2D eigenvalue weighted by Gasteiger charge is 2.65. The van der Waals surface area contributed by atoms with Crippen molar-refractivity contribution in [3.05, 3.63) is 59.7 Å². The summed E-state index contributed by atoms with van der Waals surface area (Å²) in [6, 6.07) is 10.9. The van der Waals surface area contributed by atoms with Crippen molar-refractivity contribution in [2.24, 2.45) is 5.92 Å². The fourth-order valence-electron chi connectivity index (χ4n) is 5.20. The van der Waals surface area contributed by atoms with E-state index in [1.165, 1.54) is 24.0 Å². The fourth-order valence-corrected chi connectivity index (χ4v) is 5.20. The Kier molecular flexibility index (Phi) is 3.55. The topological polar surface area (TPSA) is 12.5 Å². The Bertz CT molecular complexity index is 655. The minimum absolute atomic E-state index is 0.0407. The van der Waals surface area contributed by atoms with E-state index in [-0.39, 0.29) is 18.2 Å². The Hall–Kier alpha value is -1.32. The van der Waals surface area contributed by atoms with E-state index in [1.807, 2.05) is 0 Å². The van der Waals surface area contributed by atoms with Crippen molar-refractivity contribution in [1.29, 1.82) is 0 Å². The van der Waals surface area contributed by atoms with Crippen molar-refractivity contribution in [3.63, 3.8) is 0 Å². The molecule has 2 aliphatic heterocycles. The maximum Gasteiger partial charge on any atom is 0.380 e. The first kappa shape index (κ1) is 15.2. The zero-order chi connectivity index (χ0) is 16.1. The van der Waals surface area contributed by atoms with Gasteiger partial charge in [-0.2, -0.15) is 0 Å². The molecule has 0 radical (unpaired) electrons. The van der Waals surface area contributed by atoms with Crippen LogP contribution in [-0.2, 0) is 10.3 Å². The summed E-state index contributed by atoms with van der Waals surface area (Å²) in [5, 5.41) is 0. The molecule has 2 fully saturated rings. The lowest BCUT2D eigenvalue weighted by molar-refractivity contribution is 0.0330. The largest absolute Gasteiger partial charge is 0.406 e. The van der Waals surface area contributed by atoms with Crippen molar-refractivity contribution >= 4 is 7.05 Å². The first-order valence-electron chi connectivity index (χ1n) is 8.97. The molecule has 2 saturated heterocycles. The van der Waals surface area contributed by atoms with Gasteiger partial charge in [-0.1, -0.05) is 55.5 Å². The summed E-state index contributed by atoms with van der Waals surface area (Å²) in [5.41, 5.74) is 2.48. The lowest BCUT2D eigenvalue weighted by Gasteiger charge is -2.47. The molecule has 1 aromatic carbocycles. The van der Waals surface area contributed by atoms with Gasteiger partial charge in [0.1, 0.15) is 5.60 Å². The van der Waals surface area contributed by atoms with Gasteiger partial charge < -0.3 is 9.47 Å². The van der Waals surface area contributed by atoms with Crippen LogP contribution in [0.3, 0.4) is 0 Å². The molecule has 3 aliphatic rings. The van der Waals surface area contributed by atoms with Gasteiger partial charge in [-0.3, -0.25) is 0 Å². The number of rotatable bonds is 2. The van der Waals surface area contributed by atoms with E-state index in [1.54, 1.807) is 0 Å². The van der Waals surface area contributed by atoms with E-state index in [9.17, 15) is 0 Å². The summed E-state index contributed by atoms with van der Waals surface area (Å²) < 4.78 is 6.84. The van der Waals surface area contributed by atoms with Crippen LogP contribution in [0, 0.1) is 5.92 Å². The highest BCUT2D eigenvalue weighted by atomic mass is 16.5. The maximum atomic E-state index is 6.84. The third-order valence-corrected chi connectivity index (χ3v) is 6.26. The number of benzene rings is 1. The highest BCUT2D eigenvalue weighted by molar-refractivity contribution is 6.48. The summed E-state index contributed by atoms with van der Waals surface area (Å²) in [6.07, 6.45) is 10.4. The molecule has 0 aromatic heterocycles. The maximum absolute atomic E-state index is 6.84. The molecular weight excluding hydrogens is 281 g/mol. The molecule has 120 valence electrons. The van der Waals surface area contributed by atoms with Crippen LogP contribution in [0.15, 0.2) is 54.1 Å². The van der Waals surface area contributed by atoms with E-state index < -0.39 is 0 Å². The first-order valence-corrected chi connectivity index (χ1v) is 8.97. The molecule has 1 aromatic rings. The molecule has 4 rings (SSSR count). The van der Waals surface area contributed by atoms with Crippen LogP contribution in [0.1, 0.15) is 38.7 Å². The monoisotopic (exact) mass is 307 g/mol. The lowest BCUT2D eigenvalue weighted by atomic mass is 9.66. The summed E-state index contributed by atoms with van der Waals surface area (Å²) >= 11 is 0. The molecule has 3 atom stereocenters. The Morgan fingerprint density at radius 1 is 1.26 bits per heavy atom. The van der Waals surface area contributed by atoms with Crippen LogP contribution in [0.5, 0.6) is 0 Å². The smallest absolute Gasteiger partial charge is 0.380 e. The fraction of sp³-hybridized carbons (Fsp3) is 0.500. The second-order valence-electron chi connectivity index (χ2n) is 7.52. The van der Waals surface area contributed by atoms with Crippen LogP contribution in [0.25, 0.3) is 0 Å². The van der Waals surface area contributed by atoms with Gasteiger partial charge in [-0.25, -0.2) is 0 Å². The van der Waals surface area contributed by atoms with E-state index >= 15 is 0 Å². The third-order valence-electron chi connectivity index (χ3n) is 6.26. The summed E-state index contributed by atoms with van der Waals surface area (Å²) in [6.45, 7) is 8.12. The number of hydrogen-bond donors (Lipinski definition) is 0. The van der Waals surface area contributed by atoms with E-state index in [2.05, 4.69) is 74.0 Å². The quantitative estimate of drug-likeness (QED) is 0.751. The van der Waals surface area contributed by atoms with Crippen molar-refractivity contribution in [2.75, 3.05) is 6.54 Å². The van der Waals surface area contributed by atoms with Crippen molar-refractivity contribution in [2.45, 2.75) is 51.1 Å². The number of fused-ring (bicyclic) bond motifs is 1. The van der Waals surface area contributed by atoms with Crippen molar-refractivity contribution < 1.29 is 4.65 Å². The van der Waals surface area contributed by atoms with Gasteiger partial charge in [0.25, 0.3) is 0 Å². The molecule has 0 spiro atoms.